The molecule has 1 amide bonds. The van der Waals surface area contributed by atoms with Crippen LogP contribution < -0.4 is 0 Å². The highest BCUT2D eigenvalue weighted by Gasteiger charge is 2.27. The molecule has 1 atom stereocenters. The Morgan fingerprint density at radius 3 is 1.20 bits per heavy atom. The van der Waals surface area contributed by atoms with E-state index in [-0.39, 0.29) is 18.8 Å². The SMILES string of the molecule is CCCCCCCCCCCCCCCCOC(=O)CCC(OC(=O)N(C)CCN(C)C)C(=O)OCCCCCCCCCCCCCCCC. The van der Waals surface area contributed by atoms with E-state index in [4.69, 9.17) is 14.2 Å². The number of hydrogen-bond donors (Lipinski definition) is 0. The zero-order chi connectivity index (χ0) is 37.6. The average Bonchev–Trinajstić information content (AvgIpc) is 3.11. The Labute approximate surface area is 315 Å². The smallest absolute Gasteiger partial charge is 0.410 e. The third-order valence-electron chi connectivity index (χ3n) is 9.81. The number of ether oxygens (including phenoxy) is 3. The fourth-order valence-electron chi connectivity index (χ4n) is 6.24. The predicted molar refractivity (Wildman–Crippen MR) is 213 cm³/mol. The van der Waals surface area contributed by atoms with Crippen molar-refractivity contribution in [1.82, 2.24) is 9.80 Å². The summed E-state index contributed by atoms with van der Waals surface area (Å²) in [6.45, 7) is 6.35. The lowest BCUT2D eigenvalue weighted by Gasteiger charge is -2.22. The van der Waals surface area contributed by atoms with E-state index >= 15 is 0 Å². The monoisotopic (exact) mass is 725 g/mol. The molecule has 0 spiro atoms. The van der Waals surface area contributed by atoms with E-state index in [1.54, 1.807) is 7.05 Å². The molecule has 0 aromatic carbocycles. The van der Waals surface area contributed by atoms with Gasteiger partial charge in [-0.15, -0.1) is 0 Å². The van der Waals surface area contributed by atoms with Gasteiger partial charge in [-0.25, -0.2) is 9.59 Å². The van der Waals surface area contributed by atoms with Crippen molar-refractivity contribution in [3.8, 4) is 0 Å². The lowest BCUT2D eigenvalue weighted by Crippen LogP contribution is -2.38. The quantitative estimate of drug-likeness (QED) is 0.0356. The Kier molecular flexibility index (Phi) is 36.6. The maximum absolute atomic E-state index is 12.9. The van der Waals surface area contributed by atoms with E-state index in [1.165, 1.54) is 153 Å². The molecule has 8 heteroatoms. The molecule has 0 aliphatic carbocycles. The zero-order valence-corrected chi connectivity index (χ0v) is 34.5. The number of rotatable bonds is 38. The molecule has 0 aliphatic heterocycles. The molecule has 0 radical (unpaired) electrons. The summed E-state index contributed by atoms with van der Waals surface area (Å²) in [4.78, 5) is 41.6. The number of nitrogens with zero attached hydrogens (tertiary/aromatic N) is 2. The van der Waals surface area contributed by atoms with Crippen LogP contribution in [0.2, 0.25) is 0 Å². The van der Waals surface area contributed by atoms with Gasteiger partial charge in [-0.1, -0.05) is 181 Å². The predicted octanol–water partition coefficient (Wildman–Crippen LogP) is 11.8. The van der Waals surface area contributed by atoms with Crippen LogP contribution in [0.25, 0.3) is 0 Å². The van der Waals surface area contributed by atoms with Gasteiger partial charge in [-0.3, -0.25) is 4.79 Å². The average molecular weight is 725 g/mol. The zero-order valence-electron chi connectivity index (χ0n) is 34.5. The number of hydrogen-bond acceptors (Lipinski definition) is 7. The minimum atomic E-state index is -1.13. The third kappa shape index (κ3) is 35.0. The van der Waals surface area contributed by atoms with Crippen LogP contribution in [0.4, 0.5) is 4.79 Å². The molecule has 0 bridgehead atoms. The van der Waals surface area contributed by atoms with Gasteiger partial charge in [0.1, 0.15) is 0 Å². The largest absolute Gasteiger partial charge is 0.466 e. The molecule has 0 aliphatic rings. The summed E-state index contributed by atoms with van der Waals surface area (Å²) in [5, 5.41) is 0. The fraction of sp³-hybridized carbons (Fsp3) is 0.930. The standard InChI is InChI=1S/C43H84N2O6/c1-6-8-10-12-14-16-18-20-22-24-26-28-30-32-38-49-41(46)35-34-40(51-43(48)45(5)37-36-44(3)4)42(47)50-39-33-31-29-27-25-23-21-19-17-15-13-11-9-7-2/h40H,6-39H2,1-5H3. The summed E-state index contributed by atoms with van der Waals surface area (Å²) < 4.78 is 16.5. The summed E-state index contributed by atoms with van der Waals surface area (Å²) in [5.41, 5.74) is 0. The van der Waals surface area contributed by atoms with Crippen molar-refractivity contribution in [2.24, 2.45) is 0 Å². The molecule has 0 saturated carbocycles. The topological polar surface area (TPSA) is 85.4 Å². The van der Waals surface area contributed by atoms with Crippen molar-refractivity contribution >= 4 is 18.0 Å². The number of carbonyl (C=O) groups excluding carboxylic acids is 3. The van der Waals surface area contributed by atoms with Crippen LogP contribution in [-0.4, -0.2) is 81.4 Å². The Hall–Kier alpha value is -1.83. The maximum Gasteiger partial charge on any atom is 0.410 e. The molecule has 0 rings (SSSR count). The Bertz CT molecular complexity index is 792. The number of esters is 2. The van der Waals surface area contributed by atoms with Crippen LogP contribution in [0.15, 0.2) is 0 Å². The molecule has 0 N–H and O–H groups in total. The van der Waals surface area contributed by atoms with Crippen LogP contribution >= 0.6 is 0 Å². The molecular formula is C43H84N2O6. The molecule has 8 nitrogen and oxygen atoms in total. The van der Waals surface area contributed by atoms with Gasteiger partial charge < -0.3 is 24.0 Å². The number of likely N-dealkylation sites (N-methyl/N-ethyl adjacent to an activating group) is 2. The second-order valence-corrected chi connectivity index (χ2v) is 15.2. The number of unbranched alkanes of at least 4 members (excludes halogenated alkanes) is 26. The van der Waals surface area contributed by atoms with Crippen molar-refractivity contribution in [3.05, 3.63) is 0 Å². The van der Waals surface area contributed by atoms with Crippen molar-refractivity contribution in [3.63, 3.8) is 0 Å². The van der Waals surface area contributed by atoms with E-state index in [1.807, 2.05) is 19.0 Å². The molecule has 51 heavy (non-hydrogen) atoms. The first-order valence-corrected chi connectivity index (χ1v) is 21.7. The van der Waals surface area contributed by atoms with Gasteiger partial charge in [-0.2, -0.15) is 0 Å². The first-order chi connectivity index (χ1) is 24.8. The summed E-state index contributed by atoms with van der Waals surface area (Å²) in [6.07, 6.45) is 33.9. The van der Waals surface area contributed by atoms with E-state index in [0.717, 1.165) is 32.1 Å². The minimum absolute atomic E-state index is 0.00587. The molecule has 1 unspecified atom stereocenters. The van der Waals surface area contributed by atoms with Crippen molar-refractivity contribution < 1.29 is 28.6 Å². The lowest BCUT2D eigenvalue weighted by atomic mass is 10.0. The summed E-state index contributed by atoms with van der Waals surface area (Å²) in [6, 6.07) is 0. The molecule has 0 fully saturated rings. The molecule has 0 heterocycles. The highest BCUT2D eigenvalue weighted by atomic mass is 16.6. The van der Waals surface area contributed by atoms with E-state index in [9.17, 15) is 14.4 Å². The van der Waals surface area contributed by atoms with E-state index in [0.29, 0.717) is 26.3 Å². The van der Waals surface area contributed by atoms with Crippen molar-refractivity contribution in [1.29, 1.82) is 0 Å². The fourth-order valence-corrected chi connectivity index (χ4v) is 6.24. The summed E-state index contributed by atoms with van der Waals surface area (Å²) >= 11 is 0. The summed E-state index contributed by atoms with van der Waals surface area (Å²) in [5.74, 6) is -0.953. The van der Waals surface area contributed by atoms with Gasteiger partial charge in [0.2, 0.25) is 6.10 Å². The molecular weight excluding hydrogens is 640 g/mol. The van der Waals surface area contributed by atoms with Crippen LogP contribution in [0.3, 0.4) is 0 Å². The van der Waals surface area contributed by atoms with Gasteiger partial charge in [0.05, 0.1) is 13.2 Å². The highest BCUT2D eigenvalue weighted by molar-refractivity contribution is 5.79. The van der Waals surface area contributed by atoms with Crippen LogP contribution in [-0.2, 0) is 23.8 Å². The van der Waals surface area contributed by atoms with Crippen LogP contribution in [0.5, 0.6) is 0 Å². The Balaban J connectivity index is 4.21. The summed E-state index contributed by atoms with van der Waals surface area (Å²) in [7, 11) is 5.51. The lowest BCUT2D eigenvalue weighted by molar-refractivity contribution is -0.155. The van der Waals surface area contributed by atoms with Crippen LogP contribution in [0.1, 0.15) is 206 Å². The van der Waals surface area contributed by atoms with E-state index in [2.05, 4.69) is 13.8 Å². The third-order valence-corrected chi connectivity index (χ3v) is 9.81. The van der Waals surface area contributed by atoms with Gasteiger partial charge in [0, 0.05) is 33.0 Å². The first-order valence-electron chi connectivity index (χ1n) is 21.7. The second-order valence-electron chi connectivity index (χ2n) is 15.2. The molecule has 0 saturated heterocycles. The Morgan fingerprint density at radius 1 is 0.471 bits per heavy atom. The highest BCUT2D eigenvalue weighted by Crippen LogP contribution is 2.15. The van der Waals surface area contributed by atoms with Crippen molar-refractivity contribution in [2.45, 2.75) is 213 Å². The van der Waals surface area contributed by atoms with Gasteiger partial charge in [0.15, 0.2) is 0 Å². The maximum atomic E-state index is 12.9. The Morgan fingerprint density at radius 2 is 0.824 bits per heavy atom. The minimum Gasteiger partial charge on any atom is -0.466 e. The number of carbonyl (C=O) groups is 3. The van der Waals surface area contributed by atoms with Gasteiger partial charge in [0.25, 0.3) is 0 Å². The van der Waals surface area contributed by atoms with Gasteiger partial charge >= 0.3 is 18.0 Å². The normalized spacial score (nSPS) is 11.9. The van der Waals surface area contributed by atoms with Gasteiger partial charge in [-0.05, 0) is 26.9 Å². The van der Waals surface area contributed by atoms with Crippen LogP contribution in [0, 0.1) is 0 Å². The molecule has 302 valence electrons. The molecule has 0 aromatic rings. The van der Waals surface area contributed by atoms with E-state index < -0.39 is 18.2 Å². The van der Waals surface area contributed by atoms with Crippen molar-refractivity contribution in [2.75, 3.05) is 47.4 Å². The molecule has 0 aromatic heterocycles. The first kappa shape index (κ1) is 49.2. The number of amides is 1. The second kappa shape index (κ2) is 37.9.